The van der Waals surface area contributed by atoms with Crippen molar-refractivity contribution in [1.82, 2.24) is 14.5 Å². The van der Waals surface area contributed by atoms with Gasteiger partial charge >= 0.3 is 0 Å². The molecule has 3 heterocycles. The molecule has 23 heavy (non-hydrogen) atoms. The number of nitrogens with two attached hydrogens (primary N) is 1. The summed E-state index contributed by atoms with van der Waals surface area (Å²) in [5.41, 5.74) is 6.15. The predicted octanol–water partition coefficient (Wildman–Crippen LogP) is 1.13. The summed E-state index contributed by atoms with van der Waals surface area (Å²) in [5, 5.41) is 10.9. The number of nitrogens with zero attached hydrogens (tertiary/aromatic N) is 3. The molecule has 2 aromatic rings. The highest BCUT2D eigenvalue weighted by Gasteiger charge is 2.37. The Hall–Kier alpha value is -1.92. The van der Waals surface area contributed by atoms with E-state index in [1.807, 2.05) is 29.0 Å². The standard InChI is InChI=1S/C17H24N4O2/c1-16(2,18)15(22)20-10-6-17(23,7-11-20)12-21-9-5-13-14(21)4-3-8-19-13/h3-5,8-9,23H,6-7,10-12,18H2,1-2H3. The van der Waals surface area contributed by atoms with Gasteiger partial charge in [0.15, 0.2) is 0 Å². The summed E-state index contributed by atoms with van der Waals surface area (Å²) in [4.78, 5) is 18.3. The molecule has 0 radical (unpaired) electrons. The second-order valence-electron chi connectivity index (χ2n) is 7.09. The SMILES string of the molecule is CC(C)(N)C(=O)N1CCC(O)(Cn2ccc3ncccc32)CC1. The largest absolute Gasteiger partial charge is 0.388 e. The Morgan fingerprint density at radius 2 is 2.09 bits per heavy atom. The maximum absolute atomic E-state index is 12.2. The van der Waals surface area contributed by atoms with E-state index < -0.39 is 11.1 Å². The minimum atomic E-state index is -0.863. The second kappa shape index (κ2) is 5.62. The van der Waals surface area contributed by atoms with Crippen LogP contribution in [0.5, 0.6) is 0 Å². The van der Waals surface area contributed by atoms with Crippen molar-refractivity contribution in [2.75, 3.05) is 13.1 Å². The topological polar surface area (TPSA) is 84.4 Å². The Morgan fingerprint density at radius 3 is 2.74 bits per heavy atom. The van der Waals surface area contributed by atoms with Crippen molar-refractivity contribution in [3.8, 4) is 0 Å². The van der Waals surface area contributed by atoms with Gasteiger partial charge in [0.25, 0.3) is 0 Å². The lowest BCUT2D eigenvalue weighted by molar-refractivity contribution is -0.140. The molecule has 6 nitrogen and oxygen atoms in total. The third kappa shape index (κ3) is 3.23. The molecule has 1 saturated heterocycles. The first-order valence-electron chi connectivity index (χ1n) is 7.99. The average molecular weight is 316 g/mol. The van der Waals surface area contributed by atoms with Crippen LogP contribution >= 0.6 is 0 Å². The number of aliphatic hydroxyl groups is 1. The molecule has 124 valence electrons. The summed E-state index contributed by atoms with van der Waals surface area (Å²) in [6.07, 6.45) is 4.82. The summed E-state index contributed by atoms with van der Waals surface area (Å²) in [7, 11) is 0. The molecule has 3 rings (SSSR count). The van der Waals surface area contributed by atoms with Crippen molar-refractivity contribution in [2.45, 2.75) is 44.4 Å². The molecule has 1 fully saturated rings. The number of amides is 1. The van der Waals surface area contributed by atoms with Crippen molar-refractivity contribution in [3.63, 3.8) is 0 Å². The summed E-state index contributed by atoms with van der Waals surface area (Å²) < 4.78 is 2.03. The molecule has 6 heteroatoms. The first kappa shape index (κ1) is 16.0. The van der Waals surface area contributed by atoms with E-state index in [1.165, 1.54) is 0 Å². The lowest BCUT2D eigenvalue weighted by atomic mass is 9.90. The Bertz CT molecular complexity index is 709. The number of piperidine rings is 1. The number of hydrogen-bond donors (Lipinski definition) is 2. The van der Waals surface area contributed by atoms with Gasteiger partial charge in [-0.05, 0) is 44.9 Å². The number of hydrogen-bond acceptors (Lipinski definition) is 4. The van der Waals surface area contributed by atoms with E-state index >= 15 is 0 Å². The first-order chi connectivity index (χ1) is 10.8. The normalized spacial score (nSPS) is 18.3. The van der Waals surface area contributed by atoms with Gasteiger partial charge in [0.05, 0.1) is 28.7 Å². The second-order valence-corrected chi connectivity index (χ2v) is 7.09. The summed E-state index contributed by atoms with van der Waals surface area (Å²) in [5.74, 6) is -0.0600. The molecule has 1 aliphatic heterocycles. The van der Waals surface area contributed by atoms with Crippen LogP contribution in [0.3, 0.4) is 0 Å². The van der Waals surface area contributed by atoms with Crippen LogP contribution in [-0.4, -0.2) is 49.7 Å². The Labute approximate surface area is 135 Å². The van der Waals surface area contributed by atoms with Crippen molar-refractivity contribution in [2.24, 2.45) is 5.73 Å². The van der Waals surface area contributed by atoms with Crippen LogP contribution in [-0.2, 0) is 11.3 Å². The fourth-order valence-electron chi connectivity index (χ4n) is 3.17. The van der Waals surface area contributed by atoms with Crippen LogP contribution in [0.2, 0.25) is 0 Å². The zero-order valence-corrected chi connectivity index (χ0v) is 13.7. The molecule has 1 aliphatic rings. The summed E-state index contributed by atoms with van der Waals surface area (Å²) in [6.45, 7) is 5.02. The van der Waals surface area contributed by atoms with Crippen LogP contribution in [0.4, 0.5) is 0 Å². The minimum Gasteiger partial charge on any atom is -0.388 e. The van der Waals surface area contributed by atoms with Crippen molar-refractivity contribution >= 4 is 16.9 Å². The molecule has 2 aromatic heterocycles. The van der Waals surface area contributed by atoms with Crippen molar-refractivity contribution in [1.29, 1.82) is 0 Å². The van der Waals surface area contributed by atoms with E-state index in [2.05, 4.69) is 4.98 Å². The van der Waals surface area contributed by atoms with Gasteiger partial charge in [0.2, 0.25) is 5.91 Å². The van der Waals surface area contributed by atoms with E-state index in [9.17, 15) is 9.90 Å². The third-order valence-electron chi connectivity index (χ3n) is 4.54. The molecule has 0 spiro atoms. The Morgan fingerprint density at radius 1 is 1.39 bits per heavy atom. The summed E-state index contributed by atoms with van der Waals surface area (Å²) >= 11 is 0. The maximum atomic E-state index is 12.2. The molecule has 1 amide bonds. The maximum Gasteiger partial charge on any atom is 0.242 e. The number of rotatable bonds is 3. The highest BCUT2D eigenvalue weighted by atomic mass is 16.3. The fraction of sp³-hybridized carbons (Fsp3) is 0.529. The number of fused-ring (bicyclic) bond motifs is 1. The number of pyridine rings is 1. The smallest absolute Gasteiger partial charge is 0.242 e. The van der Waals surface area contributed by atoms with Gasteiger partial charge in [-0.2, -0.15) is 0 Å². The van der Waals surface area contributed by atoms with Crippen LogP contribution in [0, 0.1) is 0 Å². The molecule has 0 bridgehead atoms. The number of carbonyl (C=O) groups is 1. The molecule has 0 saturated carbocycles. The zero-order chi connectivity index (χ0) is 16.7. The predicted molar refractivity (Wildman–Crippen MR) is 88.8 cm³/mol. The number of carbonyl (C=O) groups excluding carboxylic acids is 1. The van der Waals surface area contributed by atoms with Gasteiger partial charge in [0.1, 0.15) is 0 Å². The quantitative estimate of drug-likeness (QED) is 0.889. The van der Waals surface area contributed by atoms with Gasteiger partial charge < -0.3 is 20.3 Å². The number of aromatic nitrogens is 2. The van der Waals surface area contributed by atoms with E-state index in [-0.39, 0.29) is 5.91 Å². The number of likely N-dealkylation sites (tertiary alicyclic amines) is 1. The van der Waals surface area contributed by atoms with Gasteiger partial charge in [-0.25, -0.2) is 0 Å². The van der Waals surface area contributed by atoms with Crippen molar-refractivity contribution in [3.05, 3.63) is 30.6 Å². The van der Waals surface area contributed by atoms with E-state index in [1.54, 1.807) is 24.9 Å². The average Bonchev–Trinajstić information content (AvgIpc) is 2.89. The highest BCUT2D eigenvalue weighted by molar-refractivity contribution is 5.85. The molecule has 0 unspecified atom stereocenters. The van der Waals surface area contributed by atoms with Gasteiger partial charge in [-0.3, -0.25) is 9.78 Å². The highest BCUT2D eigenvalue weighted by Crippen LogP contribution is 2.27. The van der Waals surface area contributed by atoms with E-state index in [4.69, 9.17) is 5.73 Å². The van der Waals surface area contributed by atoms with Crippen LogP contribution in [0.25, 0.3) is 11.0 Å². The lowest BCUT2D eigenvalue weighted by Crippen LogP contribution is -2.56. The molecular formula is C17H24N4O2. The molecule has 0 atom stereocenters. The van der Waals surface area contributed by atoms with E-state index in [0.717, 1.165) is 11.0 Å². The lowest BCUT2D eigenvalue weighted by Gasteiger charge is -2.40. The summed E-state index contributed by atoms with van der Waals surface area (Å²) in [6, 6.07) is 5.85. The Kier molecular flexibility index (Phi) is 3.90. The first-order valence-corrected chi connectivity index (χ1v) is 7.99. The fourth-order valence-corrected chi connectivity index (χ4v) is 3.17. The van der Waals surface area contributed by atoms with Crippen LogP contribution in [0.15, 0.2) is 30.6 Å². The Balaban J connectivity index is 1.69. The monoisotopic (exact) mass is 316 g/mol. The minimum absolute atomic E-state index is 0.0600. The van der Waals surface area contributed by atoms with Crippen molar-refractivity contribution < 1.29 is 9.90 Å². The van der Waals surface area contributed by atoms with Crippen LogP contribution in [0.1, 0.15) is 26.7 Å². The van der Waals surface area contributed by atoms with Crippen LogP contribution < -0.4 is 5.73 Å². The molecule has 3 N–H and O–H groups in total. The van der Waals surface area contributed by atoms with E-state index in [0.29, 0.717) is 32.5 Å². The van der Waals surface area contributed by atoms with Gasteiger partial charge in [0, 0.05) is 25.5 Å². The van der Waals surface area contributed by atoms with Gasteiger partial charge in [-0.1, -0.05) is 0 Å². The third-order valence-corrected chi connectivity index (χ3v) is 4.54. The molecule has 0 aliphatic carbocycles. The van der Waals surface area contributed by atoms with Gasteiger partial charge in [-0.15, -0.1) is 0 Å². The zero-order valence-electron chi connectivity index (χ0n) is 13.7. The molecular weight excluding hydrogens is 292 g/mol. The molecule has 0 aromatic carbocycles.